The molecule has 0 bridgehead atoms. The molecule has 1 fully saturated rings. The van der Waals surface area contributed by atoms with Gasteiger partial charge in [-0.05, 0) is 37.5 Å². The first-order chi connectivity index (χ1) is 14.2. The van der Waals surface area contributed by atoms with Crippen LogP contribution in [0.4, 0.5) is 0 Å². The molecule has 8 heteroatoms. The second kappa shape index (κ2) is 9.00. The molecule has 4 heterocycles. The lowest BCUT2D eigenvalue weighted by molar-refractivity contribution is 0.0946. The number of carbonyl (C=O) groups excluding carboxylic acids is 1. The Labute approximate surface area is 173 Å². The Kier molecular flexibility index (Phi) is 6.20. The lowest BCUT2D eigenvalue weighted by Crippen LogP contribution is -2.29. The van der Waals surface area contributed by atoms with Gasteiger partial charge in [0.25, 0.3) is 11.5 Å². The van der Waals surface area contributed by atoms with Gasteiger partial charge in [0.2, 0.25) is 0 Å². The largest absolute Gasteiger partial charge is 0.381 e. The Morgan fingerprint density at radius 3 is 2.97 bits per heavy atom. The van der Waals surface area contributed by atoms with E-state index in [1.165, 1.54) is 4.40 Å². The molecular weight excluding hydrogens is 388 g/mol. The summed E-state index contributed by atoms with van der Waals surface area (Å²) in [5.74, 6) is 0.715. The number of ether oxygens (including phenoxy) is 1. The molecule has 0 radical (unpaired) electrons. The number of fused-ring (bicyclic) bond motifs is 2. The zero-order chi connectivity index (χ0) is 20.2. The standard InChI is InChI=1S/C21H26N4O3S/c1-2-9-24-17(20(26)22-8-13-29-15-6-11-28-12-7-15)14-16-19(24)23-18-5-3-4-10-25(18)21(16)27/h3-5,10,14-15H,2,6-9,11-13H2,1H3,(H,22,26). The third-order valence-electron chi connectivity index (χ3n) is 5.17. The van der Waals surface area contributed by atoms with Crippen molar-refractivity contribution < 1.29 is 9.53 Å². The van der Waals surface area contributed by atoms with Crippen LogP contribution in [0.15, 0.2) is 35.3 Å². The van der Waals surface area contributed by atoms with E-state index in [4.69, 9.17) is 4.74 Å². The summed E-state index contributed by atoms with van der Waals surface area (Å²) in [5.41, 5.74) is 1.51. The Balaban J connectivity index is 1.54. The number of hydrogen-bond acceptors (Lipinski definition) is 5. The van der Waals surface area contributed by atoms with E-state index in [2.05, 4.69) is 10.3 Å². The molecule has 4 rings (SSSR count). The molecule has 1 saturated heterocycles. The number of rotatable bonds is 7. The average molecular weight is 415 g/mol. The van der Waals surface area contributed by atoms with E-state index in [0.29, 0.717) is 40.7 Å². The molecule has 7 nitrogen and oxygen atoms in total. The van der Waals surface area contributed by atoms with Crippen molar-refractivity contribution in [2.24, 2.45) is 0 Å². The quantitative estimate of drug-likeness (QED) is 0.602. The molecule has 0 spiro atoms. The molecule has 154 valence electrons. The molecule has 1 aliphatic heterocycles. The van der Waals surface area contributed by atoms with Crippen LogP contribution >= 0.6 is 11.8 Å². The van der Waals surface area contributed by atoms with Crippen LogP contribution < -0.4 is 10.9 Å². The second-order valence-corrected chi connectivity index (χ2v) is 8.61. The number of nitrogens with one attached hydrogen (secondary N) is 1. The number of pyridine rings is 1. The minimum absolute atomic E-state index is 0.149. The first-order valence-electron chi connectivity index (χ1n) is 10.2. The molecule has 0 unspecified atom stereocenters. The molecule has 0 atom stereocenters. The Hall–Kier alpha value is -2.32. The fourth-order valence-corrected chi connectivity index (χ4v) is 4.79. The summed E-state index contributed by atoms with van der Waals surface area (Å²) in [7, 11) is 0. The Morgan fingerprint density at radius 1 is 1.34 bits per heavy atom. The molecule has 29 heavy (non-hydrogen) atoms. The smallest absolute Gasteiger partial charge is 0.268 e. The van der Waals surface area contributed by atoms with Crippen LogP contribution in [-0.4, -0.2) is 50.6 Å². The van der Waals surface area contributed by atoms with Gasteiger partial charge in [0.05, 0.1) is 5.39 Å². The summed E-state index contributed by atoms with van der Waals surface area (Å²) in [5, 5.41) is 4.10. The lowest BCUT2D eigenvalue weighted by Gasteiger charge is -2.21. The third kappa shape index (κ3) is 4.18. The zero-order valence-electron chi connectivity index (χ0n) is 16.6. The number of nitrogens with zero attached hydrogens (tertiary/aromatic N) is 3. The number of thioether (sulfide) groups is 1. The van der Waals surface area contributed by atoms with Crippen LogP contribution in [-0.2, 0) is 11.3 Å². The first-order valence-corrected chi connectivity index (χ1v) is 11.2. The average Bonchev–Trinajstić information content (AvgIpc) is 3.11. The summed E-state index contributed by atoms with van der Waals surface area (Å²) in [6.45, 7) is 4.95. The minimum Gasteiger partial charge on any atom is -0.381 e. The maximum atomic E-state index is 12.9. The SMILES string of the molecule is CCCn1c(C(=O)NCCSC2CCOCC2)cc2c(=O)n3ccccc3nc21. The van der Waals surface area contributed by atoms with Gasteiger partial charge in [-0.2, -0.15) is 11.8 Å². The number of carbonyl (C=O) groups is 1. The van der Waals surface area contributed by atoms with Crippen LogP contribution in [0.25, 0.3) is 16.7 Å². The van der Waals surface area contributed by atoms with Crippen molar-refractivity contribution in [3.05, 3.63) is 46.5 Å². The van der Waals surface area contributed by atoms with Crippen LogP contribution in [0, 0.1) is 0 Å². The maximum Gasteiger partial charge on any atom is 0.268 e. The fraction of sp³-hybridized carbons (Fsp3) is 0.476. The van der Waals surface area contributed by atoms with Gasteiger partial charge in [-0.1, -0.05) is 13.0 Å². The van der Waals surface area contributed by atoms with Gasteiger partial charge < -0.3 is 14.6 Å². The first kappa shape index (κ1) is 20.0. The fourth-order valence-electron chi connectivity index (χ4n) is 3.71. The number of aromatic nitrogens is 3. The van der Waals surface area contributed by atoms with Crippen molar-refractivity contribution in [3.63, 3.8) is 0 Å². The van der Waals surface area contributed by atoms with E-state index in [1.54, 1.807) is 24.4 Å². The second-order valence-electron chi connectivity index (χ2n) is 7.20. The highest BCUT2D eigenvalue weighted by molar-refractivity contribution is 7.99. The van der Waals surface area contributed by atoms with Gasteiger partial charge in [0.15, 0.2) is 0 Å². The topological polar surface area (TPSA) is 77.6 Å². The number of amides is 1. The van der Waals surface area contributed by atoms with Gasteiger partial charge in [-0.25, -0.2) is 4.98 Å². The van der Waals surface area contributed by atoms with Crippen molar-refractivity contribution in [2.75, 3.05) is 25.5 Å². The van der Waals surface area contributed by atoms with Crippen molar-refractivity contribution in [1.82, 2.24) is 19.3 Å². The maximum absolute atomic E-state index is 12.9. The lowest BCUT2D eigenvalue weighted by atomic mass is 10.2. The highest BCUT2D eigenvalue weighted by Crippen LogP contribution is 2.21. The summed E-state index contributed by atoms with van der Waals surface area (Å²) < 4.78 is 8.77. The van der Waals surface area contributed by atoms with Crippen molar-refractivity contribution in [3.8, 4) is 0 Å². The van der Waals surface area contributed by atoms with E-state index in [1.807, 2.05) is 29.3 Å². The van der Waals surface area contributed by atoms with E-state index < -0.39 is 0 Å². The molecule has 0 aromatic carbocycles. The summed E-state index contributed by atoms with van der Waals surface area (Å²) in [6.07, 6.45) is 4.70. The third-order valence-corrected chi connectivity index (χ3v) is 6.55. The summed E-state index contributed by atoms with van der Waals surface area (Å²) in [6, 6.07) is 7.14. The Morgan fingerprint density at radius 2 is 2.17 bits per heavy atom. The molecule has 1 aliphatic rings. The van der Waals surface area contributed by atoms with Gasteiger partial charge in [0, 0.05) is 43.5 Å². The zero-order valence-corrected chi connectivity index (χ0v) is 17.4. The van der Waals surface area contributed by atoms with Gasteiger partial charge in [-0.15, -0.1) is 0 Å². The highest BCUT2D eigenvalue weighted by atomic mass is 32.2. The summed E-state index contributed by atoms with van der Waals surface area (Å²) in [4.78, 5) is 30.4. The Bertz CT molecular complexity index is 1070. The number of hydrogen-bond donors (Lipinski definition) is 1. The molecule has 0 saturated carbocycles. The molecule has 1 N–H and O–H groups in total. The number of aryl methyl sites for hydroxylation is 1. The van der Waals surface area contributed by atoms with Gasteiger partial charge >= 0.3 is 0 Å². The molecule has 3 aromatic rings. The predicted octanol–water partition coefficient (Wildman–Crippen LogP) is 2.70. The van der Waals surface area contributed by atoms with Crippen LogP contribution in [0.1, 0.15) is 36.7 Å². The summed E-state index contributed by atoms with van der Waals surface area (Å²) >= 11 is 1.89. The monoisotopic (exact) mass is 414 g/mol. The minimum atomic E-state index is -0.155. The van der Waals surface area contributed by atoms with E-state index >= 15 is 0 Å². The molecule has 3 aromatic heterocycles. The van der Waals surface area contributed by atoms with Gasteiger partial charge in [0.1, 0.15) is 17.0 Å². The van der Waals surface area contributed by atoms with E-state index in [0.717, 1.165) is 38.2 Å². The van der Waals surface area contributed by atoms with Gasteiger partial charge in [-0.3, -0.25) is 14.0 Å². The van der Waals surface area contributed by atoms with E-state index in [-0.39, 0.29) is 11.5 Å². The van der Waals surface area contributed by atoms with Crippen molar-refractivity contribution in [2.45, 2.75) is 38.0 Å². The van der Waals surface area contributed by atoms with Crippen LogP contribution in [0.3, 0.4) is 0 Å². The molecule has 1 amide bonds. The predicted molar refractivity (Wildman–Crippen MR) is 116 cm³/mol. The molecule has 0 aliphatic carbocycles. The van der Waals surface area contributed by atoms with Crippen LogP contribution in [0.2, 0.25) is 0 Å². The van der Waals surface area contributed by atoms with Crippen LogP contribution in [0.5, 0.6) is 0 Å². The molecular formula is C21H26N4O3S. The highest BCUT2D eigenvalue weighted by Gasteiger charge is 2.19. The van der Waals surface area contributed by atoms with Crippen molar-refractivity contribution in [1.29, 1.82) is 0 Å². The van der Waals surface area contributed by atoms with E-state index in [9.17, 15) is 9.59 Å². The normalized spacial score (nSPS) is 15.2. The van der Waals surface area contributed by atoms with Crippen molar-refractivity contribution >= 4 is 34.3 Å².